The maximum absolute atomic E-state index is 6.00. The van der Waals surface area contributed by atoms with Crippen LogP contribution >= 0.6 is 0 Å². The molecular formula is C14H16N2O2. The van der Waals surface area contributed by atoms with Crippen LogP contribution in [0.5, 0.6) is 11.5 Å². The molecule has 18 heavy (non-hydrogen) atoms. The second kappa shape index (κ2) is 4.87. The summed E-state index contributed by atoms with van der Waals surface area (Å²) in [4.78, 5) is 0. The molecule has 0 aliphatic rings. The van der Waals surface area contributed by atoms with Crippen LogP contribution in [0.25, 0.3) is 11.1 Å². The largest absolute Gasteiger partial charge is 0.494 e. The van der Waals surface area contributed by atoms with Gasteiger partial charge in [-0.1, -0.05) is 12.1 Å². The van der Waals surface area contributed by atoms with Crippen LogP contribution in [0.1, 0.15) is 0 Å². The third kappa shape index (κ3) is 2.05. The Hall–Kier alpha value is -2.36. The second-order valence-electron chi connectivity index (χ2n) is 3.88. The minimum atomic E-state index is 0.495. The molecule has 0 aromatic heterocycles. The molecule has 0 bridgehead atoms. The Morgan fingerprint density at radius 1 is 0.833 bits per heavy atom. The number of anilines is 2. The van der Waals surface area contributed by atoms with Gasteiger partial charge in [-0.3, -0.25) is 0 Å². The van der Waals surface area contributed by atoms with Gasteiger partial charge in [0.2, 0.25) is 0 Å². The summed E-state index contributed by atoms with van der Waals surface area (Å²) in [5.74, 6) is 1.21. The van der Waals surface area contributed by atoms with Gasteiger partial charge < -0.3 is 20.9 Å². The summed E-state index contributed by atoms with van der Waals surface area (Å²) in [5.41, 5.74) is 14.8. The highest BCUT2D eigenvalue weighted by Crippen LogP contribution is 2.40. The predicted octanol–water partition coefficient (Wildman–Crippen LogP) is 2.54. The highest BCUT2D eigenvalue weighted by atomic mass is 16.5. The van der Waals surface area contributed by atoms with Crippen molar-refractivity contribution >= 4 is 11.4 Å². The molecule has 0 unspecified atom stereocenters. The molecule has 2 rings (SSSR count). The molecule has 0 fully saturated rings. The van der Waals surface area contributed by atoms with E-state index in [1.54, 1.807) is 14.2 Å². The van der Waals surface area contributed by atoms with Crippen LogP contribution in [0, 0.1) is 0 Å². The number of ether oxygens (including phenoxy) is 2. The lowest BCUT2D eigenvalue weighted by atomic mass is 10.0. The Kier molecular flexibility index (Phi) is 3.28. The van der Waals surface area contributed by atoms with Gasteiger partial charge in [-0.2, -0.15) is 0 Å². The van der Waals surface area contributed by atoms with Crippen molar-refractivity contribution in [1.29, 1.82) is 0 Å². The summed E-state index contributed by atoms with van der Waals surface area (Å²) in [6.07, 6.45) is 0. The van der Waals surface area contributed by atoms with Crippen molar-refractivity contribution in [1.82, 2.24) is 0 Å². The summed E-state index contributed by atoms with van der Waals surface area (Å²) in [7, 11) is 3.17. The molecule has 0 atom stereocenters. The molecule has 0 spiro atoms. The number of nitrogen functional groups attached to an aromatic ring is 2. The molecular weight excluding hydrogens is 228 g/mol. The van der Waals surface area contributed by atoms with Crippen LogP contribution in [0.3, 0.4) is 0 Å². The zero-order valence-electron chi connectivity index (χ0n) is 10.4. The van der Waals surface area contributed by atoms with Crippen molar-refractivity contribution in [3.05, 3.63) is 36.4 Å². The minimum Gasteiger partial charge on any atom is -0.494 e. The lowest BCUT2D eigenvalue weighted by Crippen LogP contribution is -1.98. The Balaban J connectivity index is 2.57. The molecule has 4 nitrogen and oxygen atoms in total. The molecule has 0 radical (unpaired) electrons. The number of methoxy groups -OCH3 is 2. The van der Waals surface area contributed by atoms with Crippen molar-refractivity contribution in [2.24, 2.45) is 0 Å². The molecule has 0 aliphatic heterocycles. The highest BCUT2D eigenvalue weighted by Gasteiger charge is 2.13. The zero-order valence-corrected chi connectivity index (χ0v) is 10.4. The lowest BCUT2D eigenvalue weighted by Gasteiger charge is -2.14. The second-order valence-corrected chi connectivity index (χ2v) is 3.88. The van der Waals surface area contributed by atoms with E-state index in [0.29, 0.717) is 17.2 Å². The standard InChI is InChI=1S/C14H16N2O2/c1-17-12-8-7-11(14(18-2)13(12)16)9-3-5-10(15)6-4-9/h3-8H,15-16H2,1-2H3. The number of benzene rings is 2. The van der Waals surface area contributed by atoms with E-state index in [9.17, 15) is 0 Å². The normalized spacial score (nSPS) is 10.1. The monoisotopic (exact) mass is 244 g/mol. The van der Waals surface area contributed by atoms with Crippen LogP contribution in [-0.4, -0.2) is 14.2 Å². The van der Waals surface area contributed by atoms with E-state index < -0.39 is 0 Å². The van der Waals surface area contributed by atoms with Gasteiger partial charge in [0.1, 0.15) is 11.4 Å². The Labute approximate surface area is 106 Å². The maximum Gasteiger partial charge on any atom is 0.153 e. The summed E-state index contributed by atoms with van der Waals surface area (Å²) in [6, 6.07) is 11.3. The fourth-order valence-electron chi connectivity index (χ4n) is 1.87. The first-order valence-electron chi connectivity index (χ1n) is 5.53. The smallest absolute Gasteiger partial charge is 0.153 e. The first-order chi connectivity index (χ1) is 8.67. The lowest BCUT2D eigenvalue weighted by molar-refractivity contribution is 0.399. The zero-order chi connectivity index (χ0) is 13.1. The average molecular weight is 244 g/mol. The van der Waals surface area contributed by atoms with Crippen molar-refractivity contribution in [3.8, 4) is 22.6 Å². The van der Waals surface area contributed by atoms with E-state index >= 15 is 0 Å². The van der Waals surface area contributed by atoms with Gasteiger partial charge >= 0.3 is 0 Å². The fourth-order valence-corrected chi connectivity index (χ4v) is 1.87. The molecule has 0 heterocycles. The van der Waals surface area contributed by atoms with Crippen molar-refractivity contribution < 1.29 is 9.47 Å². The number of nitrogens with two attached hydrogens (primary N) is 2. The number of rotatable bonds is 3. The molecule has 4 heteroatoms. The van der Waals surface area contributed by atoms with Crippen LogP contribution in [0.4, 0.5) is 11.4 Å². The third-order valence-corrected chi connectivity index (χ3v) is 2.80. The molecule has 0 saturated carbocycles. The molecule has 0 aliphatic carbocycles. The first kappa shape index (κ1) is 12.1. The molecule has 0 saturated heterocycles. The van der Waals surface area contributed by atoms with Crippen molar-refractivity contribution in [2.75, 3.05) is 25.7 Å². The van der Waals surface area contributed by atoms with Gasteiger partial charge in [-0.15, -0.1) is 0 Å². The average Bonchev–Trinajstić information content (AvgIpc) is 2.39. The van der Waals surface area contributed by atoms with E-state index in [2.05, 4.69) is 0 Å². The third-order valence-electron chi connectivity index (χ3n) is 2.80. The summed E-state index contributed by atoms with van der Waals surface area (Å²) >= 11 is 0. The van der Waals surface area contributed by atoms with Gasteiger partial charge in [0, 0.05) is 11.3 Å². The van der Waals surface area contributed by atoms with Crippen LogP contribution in [-0.2, 0) is 0 Å². The molecule has 0 amide bonds. The van der Waals surface area contributed by atoms with Crippen molar-refractivity contribution in [2.45, 2.75) is 0 Å². The van der Waals surface area contributed by atoms with Gasteiger partial charge in [-0.05, 0) is 29.8 Å². The van der Waals surface area contributed by atoms with Gasteiger partial charge in [0.15, 0.2) is 5.75 Å². The van der Waals surface area contributed by atoms with Gasteiger partial charge in [0.25, 0.3) is 0 Å². The summed E-state index contributed by atoms with van der Waals surface area (Å²) in [5, 5.41) is 0. The maximum atomic E-state index is 6.00. The predicted molar refractivity (Wildman–Crippen MR) is 73.8 cm³/mol. The first-order valence-corrected chi connectivity index (χ1v) is 5.53. The quantitative estimate of drug-likeness (QED) is 0.814. The van der Waals surface area contributed by atoms with E-state index in [1.165, 1.54) is 0 Å². The topological polar surface area (TPSA) is 70.5 Å². The summed E-state index contributed by atoms with van der Waals surface area (Å²) < 4.78 is 10.5. The number of hydrogen-bond donors (Lipinski definition) is 2. The molecule has 94 valence electrons. The van der Waals surface area contributed by atoms with E-state index in [1.807, 2.05) is 36.4 Å². The molecule has 4 N–H and O–H groups in total. The van der Waals surface area contributed by atoms with Gasteiger partial charge in [-0.25, -0.2) is 0 Å². The SMILES string of the molecule is COc1ccc(-c2ccc(N)cc2)c(OC)c1N. The highest BCUT2D eigenvalue weighted by molar-refractivity contribution is 5.81. The van der Waals surface area contributed by atoms with Gasteiger partial charge in [0.05, 0.1) is 14.2 Å². The Morgan fingerprint density at radius 2 is 1.50 bits per heavy atom. The Bertz CT molecular complexity index is 550. The molecule has 2 aromatic carbocycles. The van der Waals surface area contributed by atoms with Crippen LogP contribution in [0.15, 0.2) is 36.4 Å². The van der Waals surface area contributed by atoms with Crippen LogP contribution < -0.4 is 20.9 Å². The van der Waals surface area contributed by atoms with Crippen molar-refractivity contribution in [3.63, 3.8) is 0 Å². The Morgan fingerprint density at radius 3 is 2.06 bits per heavy atom. The number of hydrogen-bond acceptors (Lipinski definition) is 4. The van der Waals surface area contributed by atoms with Crippen LogP contribution in [0.2, 0.25) is 0 Å². The van der Waals surface area contributed by atoms with E-state index in [0.717, 1.165) is 16.8 Å². The molecule has 2 aromatic rings. The van der Waals surface area contributed by atoms with E-state index in [-0.39, 0.29) is 0 Å². The summed E-state index contributed by atoms with van der Waals surface area (Å²) in [6.45, 7) is 0. The minimum absolute atomic E-state index is 0.495. The van der Waals surface area contributed by atoms with E-state index in [4.69, 9.17) is 20.9 Å². The fraction of sp³-hybridized carbons (Fsp3) is 0.143.